The zero-order valence-corrected chi connectivity index (χ0v) is 12.5. The van der Waals surface area contributed by atoms with Crippen molar-refractivity contribution >= 4 is 0 Å². The van der Waals surface area contributed by atoms with Gasteiger partial charge in [-0.1, -0.05) is 76.2 Å². The highest BCUT2D eigenvalue weighted by Gasteiger charge is 2.04. The lowest BCUT2D eigenvalue weighted by atomic mass is 9.95. The molecule has 0 aliphatic heterocycles. The van der Waals surface area contributed by atoms with Crippen molar-refractivity contribution < 1.29 is 0 Å². The SMILES string of the molecule is CCC(C)c1ccc(-c2ccc(C(C)C)cc2)cc1. The number of hydrogen-bond acceptors (Lipinski definition) is 0. The van der Waals surface area contributed by atoms with Crippen molar-refractivity contribution in [3.63, 3.8) is 0 Å². The van der Waals surface area contributed by atoms with Gasteiger partial charge < -0.3 is 0 Å². The third-order valence-corrected chi connectivity index (χ3v) is 4.00. The van der Waals surface area contributed by atoms with Gasteiger partial charge >= 0.3 is 0 Å². The zero-order chi connectivity index (χ0) is 13.8. The quantitative estimate of drug-likeness (QED) is 0.627. The monoisotopic (exact) mass is 252 g/mol. The first kappa shape index (κ1) is 13.9. The van der Waals surface area contributed by atoms with Crippen LogP contribution < -0.4 is 0 Å². The van der Waals surface area contributed by atoms with Gasteiger partial charge in [-0.05, 0) is 40.5 Å². The van der Waals surface area contributed by atoms with Crippen LogP contribution in [0, 0.1) is 0 Å². The van der Waals surface area contributed by atoms with Crippen LogP contribution in [-0.4, -0.2) is 0 Å². The summed E-state index contributed by atoms with van der Waals surface area (Å²) < 4.78 is 0. The smallest absolute Gasteiger partial charge is 0.0184 e. The van der Waals surface area contributed by atoms with Gasteiger partial charge in [-0.15, -0.1) is 0 Å². The molecule has 0 fully saturated rings. The lowest BCUT2D eigenvalue weighted by Crippen LogP contribution is -1.91. The second kappa shape index (κ2) is 6.06. The van der Waals surface area contributed by atoms with Crippen molar-refractivity contribution in [1.82, 2.24) is 0 Å². The summed E-state index contributed by atoms with van der Waals surface area (Å²) in [7, 11) is 0. The Hall–Kier alpha value is -1.56. The molecule has 0 heteroatoms. The van der Waals surface area contributed by atoms with Crippen LogP contribution in [0.3, 0.4) is 0 Å². The first-order valence-corrected chi connectivity index (χ1v) is 7.32. The summed E-state index contributed by atoms with van der Waals surface area (Å²) in [5.74, 6) is 1.25. The molecular formula is C19H24. The fourth-order valence-corrected chi connectivity index (χ4v) is 2.30. The molecule has 0 aliphatic rings. The first-order valence-electron chi connectivity index (χ1n) is 7.32. The summed E-state index contributed by atoms with van der Waals surface area (Å²) in [5, 5.41) is 0. The molecule has 0 radical (unpaired) electrons. The number of rotatable bonds is 4. The zero-order valence-electron chi connectivity index (χ0n) is 12.5. The van der Waals surface area contributed by atoms with E-state index in [2.05, 4.69) is 76.2 Å². The predicted octanol–water partition coefficient (Wildman–Crippen LogP) is 5.99. The van der Waals surface area contributed by atoms with Crippen molar-refractivity contribution in [3.8, 4) is 11.1 Å². The third-order valence-electron chi connectivity index (χ3n) is 4.00. The summed E-state index contributed by atoms with van der Waals surface area (Å²) in [4.78, 5) is 0. The van der Waals surface area contributed by atoms with Crippen molar-refractivity contribution in [3.05, 3.63) is 59.7 Å². The molecule has 0 N–H and O–H groups in total. The van der Waals surface area contributed by atoms with Gasteiger partial charge in [0.15, 0.2) is 0 Å². The van der Waals surface area contributed by atoms with E-state index < -0.39 is 0 Å². The van der Waals surface area contributed by atoms with E-state index in [4.69, 9.17) is 0 Å². The van der Waals surface area contributed by atoms with Crippen LogP contribution in [0.15, 0.2) is 48.5 Å². The van der Waals surface area contributed by atoms with E-state index in [1.807, 2.05) is 0 Å². The maximum Gasteiger partial charge on any atom is -0.0184 e. The second-order valence-electron chi connectivity index (χ2n) is 5.71. The lowest BCUT2D eigenvalue weighted by molar-refractivity contribution is 0.734. The van der Waals surface area contributed by atoms with E-state index >= 15 is 0 Å². The Balaban J connectivity index is 2.22. The molecule has 0 amide bonds. The van der Waals surface area contributed by atoms with Gasteiger partial charge in [0, 0.05) is 0 Å². The second-order valence-corrected chi connectivity index (χ2v) is 5.71. The van der Waals surface area contributed by atoms with Crippen molar-refractivity contribution in [2.24, 2.45) is 0 Å². The highest BCUT2D eigenvalue weighted by Crippen LogP contribution is 2.25. The van der Waals surface area contributed by atoms with E-state index in [0.717, 1.165) is 0 Å². The maximum atomic E-state index is 2.28. The topological polar surface area (TPSA) is 0 Å². The van der Waals surface area contributed by atoms with Crippen LogP contribution in [-0.2, 0) is 0 Å². The average molecular weight is 252 g/mol. The van der Waals surface area contributed by atoms with Gasteiger partial charge in [0.25, 0.3) is 0 Å². The minimum Gasteiger partial charge on any atom is -0.0648 e. The molecule has 0 aliphatic carbocycles. The van der Waals surface area contributed by atoms with Crippen LogP contribution >= 0.6 is 0 Å². The number of benzene rings is 2. The molecule has 1 unspecified atom stereocenters. The van der Waals surface area contributed by atoms with Gasteiger partial charge in [0.2, 0.25) is 0 Å². The molecule has 2 aromatic rings. The average Bonchev–Trinajstić information content (AvgIpc) is 2.46. The van der Waals surface area contributed by atoms with Crippen LogP contribution in [0.25, 0.3) is 11.1 Å². The van der Waals surface area contributed by atoms with E-state index in [9.17, 15) is 0 Å². The normalized spacial score (nSPS) is 12.7. The van der Waals surface area contributed by atoms with Gasteiger partial charge in [-0.2, -0.15) is 0 Å². The van der Waals surface area contributed by atoms with E-state index in [-0.39, 0.29) is 0 Å². The van der Waals surface area contributed by atoms with Crippen molar-refractivity contribution in [2.45, 2.75) is 46.0 Å². The Morgan fingerprint density at radius 3 is 1.47 bits per heavy atom. The Bertz CT molecular complexity index is 503. The Morgan fingerprint density at radius 2 is 1.11 bits per heavy atom. The molecule has 0 bridgehead atoms. The molecular weight excluding hydrogens is 228 g/mol. The van der Waals surface area contributed by atoms with Crippen LogP contribution in [0.5, 0.6) is 0 Å². The Kier molecular flexibility index (Phi) is 4.42. The molecule has 2 rings (SSSR count). The molecule has 0 saturated carbocycles. The molecule has 2 aromatic carbocycles. The van der Waals surface area contributed by atoms with Gasteiger partial charge in [0.05, 0.1) is 0 Å². The summed E-state index contributed by atoms with van der Waals surface area (Å²) in [6.07, 6.45) is 1.20. The minimum atomic E-state index is 0.599. The van der Waals surface area contributed by atoms with Gasteiger partial charge in [-0.25, -0.2) is 0 Å². The fourth-order valence-electron chi connectivity index (χ4n) is 2.30. The van der Waals surface area contributed by atoms with Crippen LogP contribution in [0.1, 0.15) is 57.1 Å². The van der Waals surface area contributed by atoms with E-state index in [0.29, 0.717) is 11.8 Å². The van der Waals surface area contributed by atoms with Gasteiger partial charge in [0.1, 0.15) is 0 Å². The third kappa shape index (κ3) is 3.26. The first-order chi connectivity index (χ1) is 9.11. The largest absolute Gasteiger partial charge is 0.0648 e. The Labute approximate surface area is 117 Å². The molecule has 100 valence electrons. The molecule has 0 heterocycles. The maximum absolute atomic E-state index is 2.28. The van der Waals surface area contributed by atoms with Crippen molar-refractivity contribution in [1.29, 1.82) is 0 Å². The molecule has 0 nitrogen and oxygen atoms in total. The molecule has 0 aromatic heterocycles. The fraction of sp³-hybridized carbons (Fsp3) is 0.368. The summed E-state index contributed by atoms with van der Waals surface area (Å²) in [5.41, 5.74) is 5.45. The Morgan fingerprint density at radius 1 is 0.684 bits per heavy atom. The number of hydrogen-bond donors (Lipinski definition) is 0. The molecule has 19 heavy (non-hydrogen) atoms. The van der Waals surface area contributed by atoms with Crippen molar-refractivity contribution in [2.75, 3.05) is 0 Å². The molecule has 1 atom stereocenters. The van der Waals surface area contributed by atoms with Crippen LogP contribution in [0.2, 0.25) is 0 Å². The molecule has 0 spiro atoms. The van der Waals surface area contributed by atoms with Gasteiger partial charge in [-0.3, -0.25) is 0 Å². The van der Waals surface area contributed by atoms with E-state index in [1.165, 1.54) is 28.7 Å². The summed E-state index contributed by atoms with van der Waals surface area (Å²) >= 11 is 0. The highest BCUT2D eigenvalue weighted by molar-refractivity contribution is 5.64. The highest BCUT2D eigenvalue weighted by atomic mass is 14.1. The van der Waals surface area contributed by atoms with E-state index in [1.54, 1.807) is 0 Å². The van der Waals surface area contributed by atoms with Crippen LogP contribution in [0.4, 0.5) is 0 Å². The minimum absolute atomic E-state index is 0.599. The summed E-state index contributed by atoms with van der Waals surface area (Å²) in [6, 6.07) is 17.9. The molecule has 0 saturated heterocycles. The standard InChI is InChI=1S/C19H24/c1-5-15(4)17-8-12-19(13-9-17)18-10-6-16(7-11-18)14(2)3/h6-15H,5H2,1-4H3. The summed E-state index contributed by atoms with van der Waals surface area (Å²) in [6.45, 7) is 8.99. The lowest BCUT2D eigenvalue weighted by Gasteiger charge is -2.11. The predicted molar refractivity (Wildman–Crippen MR) is 84.7 cm³/mol.